The molecule has 0 amide bonds. The van der Waals surface area contributed by atoms with Gasteiger partial charge in [0, 0.05) is 16.0 Å². The van der Waals surface area contributed by atoms with E-state index in [0.29, 0.717) is 27.3 Å². The molecule has 116 valence electrons. The summed E-state index contributed by atoms with van der Waals surface area (Å²) in [5.41, 5.74) is 2.50. The number of fused-ring (bicyclic) bond motifs is 1. The van der Waals surface area contributed by atoms with Crippen LogP contribution >= 0.6 is 11.6 Å². The van der Waals surface area contributed by atoms with Crippen molar-refractivity contribution in [1.82, 2.24) is 9.97 Å². The molecule has 6 heteroatoms. The van der Waals surface area contributed by atoms with Gasteiger partial charge in [-0.2, -0.15) is 0 Å². The Morgan fingerprint density at radius 2 is 2.00 bits per heavy atom. The summed E-state index contributed by atoms with van der Waals surface area (Å²) in [6.45, 7) is 1.73. The highest BCUT2D eigenvalue weighted by molar-refractivity contribution is 6.30. The SMILES string of the molecule is COC(=O)c1nc(C)c2nc(-c3cccc(Cl)c3)ccc2c1O. The van der Waals surface area contributed by atoms with Crippen molar-refractivity contribution in [2.24, 2.45) is 0 Å². The Morgan fingerprint density at radius 1 is 1.22 bits per heavy atom. The molecule has 0 aliphatic rings. The molecule has 3 aromatic rings. The van der Waals surface area contributed by atoms with Gasteiger partial charge < -0.3 is 9.84 Å². The Kier molecular flexibility index (Phi) is 3.88. The molecule has 0 spiro atoms. The van der Waals surface area contributed by atoms with Crippen LogP contribution in [0.15, 0.2) is 36.4 Å². The number of esters is 1. The summed E-state index contributed by atoms with van der Waals surface area (Å²) in [7, 11) is 1.24. The van der Waals surface area contributed by atoms with Gasteiger partial charge in [0.25, 0.3) is 0 Å². The van der Waals surface area contributed by atoms with Crippen molar-refractivity contribution < 1.29 is 14.6 Å². The molecule has 0 aliphatic carbocycles. The Hall–Kier alpha value is -2.66. The lowest BCUT2D eigenvalue weighted by Crippen LogP contribution is -2.07. The molecular formula is C17H13ClN2O3. The molecule has 2 aromatic heterocycles. The fourth-order valence-corrected chi connectivity index (χ4v) is 2.57. The monoisotopic (exact) mass is 328 g/mol. The molecule has 0 aliphatic heterocycles. The van der Waals surface area contributed by atoms with E-state index in [1.54, 1.807) is 31.2 Å². The van der Waals surface area contributed by atoms with Crippen LogP contribution in [0.5, 0.6) is 5.75 Å². The number of pyridine rings is 2. The number of rotatable bonds is 2. The van der Waals surface area contributed by atoms with E-state index in [1.807, 2.05) is 12.1 Å². The van der Waals surface area contributed by atoms with E-state index in [9.17, 15) is 9.90 Å². The first-order chi connectivity index (χ1) is 11.0. The Labute approximate surface area is 137 Å². The van der Waals surface area contributed by atoms with Crippen molar-refractivity contribution in [1.29, 1.82) is 0 Å². The molecular weight excluding hydrogens is 316 g/mol. The second-order valence-electron chi connectivity index (χ2n) is 4.99. The summed E-state index contributed by atoms with van der Waals surface area (Å²) in [5.74, 6) is -0.922. The number of nitrogens with zero attached hydrogens (tertiary/aromatic N) is 2. The zero-order chi connectivity index (χ0) is 16.6. The number of carbonyl (C=O) groups excluding carboxylic acids is 1. The highest BCUT2D eigenvalue weighted by Gasteiger charge is 2.19. The predicted molar refractivity (Wildman–Crippen MR) is 87.7 cm³/mol. The number of halogens is 1. The Bertz CT molecular complexity index is 925. The molecule has 0 bridgehead atoms. The summed E-state index contributed by atoms with van der Waals surface area (Å²) in [4.78, 5) is 20.3. The maximum absolute atomic E-state index is 11.7. The first-order valence-corrected chi connectivity index (χ1v) is 7.23. The third-order valence-electron chi connectivity index (χ3n) is 3.50. The second-order valence-corrected chi connectivity index (χ2v) is 5.43. The Morgan fingerprint density at radius 3 is 2.70 bits per heavy atom. The summed E-state index contributed by atoms with van der Waals surface area (Å²) >= 11 is 6.01. The third kappa shape index (κ3) is 2.71. The molecule has 0 unspecified atom stereocenters. The molecule has 0 radical (unpaired) electrons. The predicted octanol–water partition coefficient (Wildman–Crippen LogP) is 3.75. The lowest BCUT2D eigenvalue weighted by atomic mass is 10.1. The van der Waals surface area contributed by atoms with E-state index in [0.717, 1.165) is 5.56 Å². The van der Waals surface area contributed by atoms with Crippen molar-refractivity contribution >= 4 is 28.5 Å². The summed E-state index contributed by atoms with van der Waals surface area (Å²) in [6, 6.07) is 10.8. The normalized spacial score (nSPS) is 10.7. The maximum Gasteiger partial charge on any atom is 0.360 e. The van der Waals surface area contributed by atoms with E-state index in [2.05, 4.69) is 14.7 Å². The lowest BCUT2D eigenvalue weighted by Gasteiger charge is -2.10. The second kappa shape index (κ2) is 5.85. The van der Waals surface area contributed by atoms with E-state index in [1.165, 1.54) is 7.11 Å². The van der Waals surface area contributed by atoms with Crippen LogP contribution in [0, 0.1) is 6.92 Å². The molecule has 0 saturated heterocycles. The minimum Gasteiger partial charge on any atom is -0.505 e. The molecule has 3 rings (SSSR count). The smallest absolute Gasteiger partial charge is 0.360 e. The number of aryl methyl sites for hydroxylation is 1. The number of ether oxygens (including phenoxy) is 1. The molecule has 2 heterocycles. The van der Waals surface area contributed by atoms with Gasteiger partial charge in [-0.25, -0.2) is 14.8 Å². The third-order valence-corrected chi connectivity index (χ3v) is 3.73. The number of hydrogen-bond acceptors (Lipinski definition) is 5. The van der Waals surface area contributed by atoms with Gasteiger partial charge in [-0.05, 0) is 31.2 Å². The molecule has 5 nitrogen and oxygen atoms in total. The highest BCUT2D eigenvalue weighted by Crippen LogP contribution is 2.31. The van der Waals surface area contributed by atoms with Gasteiger partial charge in [0.2, 0.25) is 0 Å². The fraction of sp³-hybridized carbons (Fsp3) is 0.118. The van der Waals surface area contributed by atoms with Crippen LogP contribution in [0.4, 0.5) is 0 Å². The number of methoxy groups -OCH3 is 1. The minimum absolute atomic E-state index is 0.116. The number of carbonyl (C=O) groups is 1. The van der Waals surface area contributed by atoms with E-state index in [4.69, 9.17) is 11.6 Å². The number of aromatic hydroxyl groups is 1. The van der Waals surface area contributed by atoms with Gasteiger partial charge >= 0.3 is 5.97 Å². The standard InChI is InChI=1S/C17H13ClN2O3/c1-9-14-12(16(21)15(19-9)17(22)23-2)6-7-13(20-14)10-4-3-5-11(18)8-10/h3-8,21H,1-2H3. The maximum atomic E-state index is 11.7. The molecule has 1 aromatic carbocycles. The summed E-state index contributed by atoms with van der Waals surface area (Å²) in [5, 5.41) is 11.3. The first-order valence-electron chi connectivity index (χ1n) is 6.86. The summed E-state index contributed by atoms with van der Waals surface area (Å²) in [6.07, 6.45) is 0. The van der Waals surface area contributed by atoms with Crippen molar-refractivity contribution in [2.75, 3.05) is 7.11 Å². The van der Waals surface area contributed by atoms with Crippen LogP contribution in [-0.4, -0.2) is 28.2 Å². The average molecular weight is 329 g/mol. The van der Waals surface area contributed by atoms with Crippen molar-refractivity contribution in [3.63, 3.8) is 0 Å². The van der Waals surface area contributed by atoms with Gasteiger partial charge in [0.05, 0.1) is 24.0 Å². The fourth-order valence-electron chi connectivity index (χ4n) is 2.37. The van der Waals surface area contributed by atoms with Gasteiger partial charge in [0.1, 0.15) is 0 Å². The van der Waals surface area contributed by atoms with Crippen LogP contribution in [0.1, 0.15) is 16.2 Å². The van der Waals surface area contributed by atoms with E-state index < -0.39 is 5.97 Å². The Balaban J connectivity index is 2.22. The number of hydrogen-bond donors (Lipinski definition) is 1. The van der Waals surface area contributed by atoms with Crippen LogP contribution in [0.2, 0.25) is 5.02 Å². The average Bonchev–Trinajstić information content (AvgIpc) is 2.57. The van der Waals surface area contributed by atoms with Crippen LogP contribution < -0.4 is 0 Å². The van der Waals surface area contributed by atoms with Crippen LogP contribution in [0.3, 0.4) is 0 Å². The minimum atomic E-state index is -0.689. The lowest BCUT2D eigenvalue weighted by molar-refractivity contribution is 0.0590. The van der Waals surface area contributed by atoms with Crippen LogP contribution in [-0.2, 0) is 4.74 Å². The van der Waals surface area contributed by atoms with E-state index >= 15 is 0 Å². The zero-order valence-electron chi connectivity index (χ0n) is 12.5. The number of aromatic nitrogens is 2. The van der Waals surface area contributed by atoms with Crippen LogP contribution in [0.25, 0.3) is 22.2 Å². The van der Waals surface area contributed by atoms with Crippen molar-refractivity contribution in [3.8, 4) is 17.0 Å². The number of benzene rings is 1. The molecule has 1 N–H and O–H groups in total. The van der Waals surface area contributed by atoms with Gasteiger partial charge in [0.15, 0.2) is 11.4 Å². The van der Waals surface area contributed by atoms with Gasteiger partial charge in [-0.1, -0.05) is 23.7 Å². The molecule has 0 saturated carbocycles. The summed E-state index contributed by atoms with van der Waals surface area (Å²) < 4.78 is 4.63. The van der Waals surface area contributed by atoms with Gasteiger partial charge in [-0.15, -0.1) is 0 Å². The molecule has 0 fully saturated rings. The van der Waals surface area contributed by atoms with Crippen molar-refractivity contribution in [2.45, 2.75) is 6.92 Å². The largest absolute Gasteiger partial charge is 0.505 e. The molecule has 23 heavy (non-hydrogen) atoms. The zero-order valence-corrected chi connectivity index (χ0v) is 13.3. The first kappa shape index (κ1) is 15.2. The van der Waals surface area contributed by atoms with E-state index in [-0.39, 0.29) is 11.4 Å². The molecule has 0 atom stereocenters. The van der Waals surface area contributed by atoms with Gasteiger partial charge in [-0.3, -0.25) is 0 Å². The topological polar surface area (TPSA) is 72.3 Å². The quantitative estimate of drug-likeness (QED) is 0.725. The van der Waals surface area contributed by atoms with Crippen molar-refractivity contribution in [3.05, 3.63) is 52.8 Å². The highest BCUT2D eigenvalue weighted by atomic mass is 35.5.